The number of hydrogen-bond donors (Lipinski definition) is 0. The third-order valence-electron chi connectivity index (χ3n) is 2.85. The van der Waals surface area contributed by atoms with E-state index in [2.05, 4.69) is 40.7 Å². The molecular formula is C12H24. The normalized spacial score (nSPS) is 17.6. The van der Waals surface area contributed by atoms with Crippen molar-refractivity contribution in [3.05, 3.63) is 11.6 Å². The zero-order chi connectivity index (χ0) is 9.56. The van der Waals surface area contributed by atoms with Crippen LogP contribution >= 0.6 is 0 Å². The maximum Gasteiger partial charge on any atom is -0.0295 e. The minimum atomic E-state index is 0.848. The molecule has 0 aromatic heterocycles. The van der Waals surface area contributed by atoms with Crippen LogP contribution in [0.4, 0.5) is 0 Å². The van der Waals surface area contributed by atoms with E-state index in [4.69, 9.17) is 0 Å². The fourth-order valence-corrected chi connectivity index (χ4v) is 1.57. The summed E-state index contributed by atoms with van der Waals surface area (Å²) in [6, 6.07) is 0. The van der Waals surface area contributed by atoms with Crippen LogP contribution in [0.3, 0.4) is 0 Å². The minimum absolute atomic E-state index is 0.848. The van der Waals surface area contributed by atoms with Crippen LogP contribution in [0, 0.1) is 11.8 Å². The Morgan fingerprint density at radius 3 is 2.25 bits per heavy atom. The molecule has 0 amide bonds. The van der Waals surface area contributed by atoms with Crippen LogP contribution in [0.1, 0.15) is 53.9 Å². The summed E-state index contributed by atoms with van der Waals surface area (Å²) in [5.74, 6) is 1.73. The van der Waals surface area contributed by atoms with Crippen molar-refractivity contribution in [1.82, 2.24) is 0 Å². The fraction of sp³-hybridized carbons (Fsp3) is 0.833. The fourth-order valence-electron chi connectivity index (χ4n) is 1.57. The van der Waals surface area contributed by atoms with Gasteiger partial charge in [0.1, 0.15) is 0 Å². The van der Waals surface area contributed by atoms with Gasteiger partial charge in [-0.2, -0.15) is 0 Å². The first-order chi connectivity index (χ1) is 5.61. The summed E-state index contributed by atoms with van der Waals surface area (Å²) < 4.78 is 0. The Labute approximate surface area is 78.1 Å². The van der Waals surface area contributed by atoms with Gasteiger partial charge >= 0.3 is 0 Å². The first-order valence-corrected chi connectivity index (χ1v) is 5.23. The van der Waals surface area contributed by atoms with Crippen molar-refractivity contribution in [1.29, 1.82) is 0 Å². The van der Waals surface area contributed by atoms with Gasteiger partial charge in [-0.15, -0.1) is 0 Å². The molecule has 0 nitrogen and oxygen atoms in total. The van der Waals surface area contributed by atoms with E-state index in [9.17, 15) is 0 Å². The molecule has 0 aromatic rings. The summed E-state index contributed by atoms with van der Waals surface area (Å²) >= 11 is 0. The molecule has 0 heteroatoms. The Morgan fingerprint density at radius 1 is 1.25 bits per heavy atom. The lowest BCUT2D eigenvalue weighted by atomic mass is 9.87. The van der Waals surface area contributed by atoms with Crippen molar-refractivity contribution in [2.45, 2.75) is 53.9 Å². The predicted octanol–water partition coefficient (Wildman–Crippen LogP) is 4.42. The average Bonchev–Trinajstić information content (AvgIpc) is 2.04. The highest BCUT2D eigenvalue weighted by atomic mass is 14.2. The second-order valence-electron chi connectivity index (χ2n) is 4.08. The molecule has 2 unspecified atom stereocenters. The van der Waals surface area contributed by atoms with E-state index in [1.807, 2.05) is 0 Å². The lowest BCUT2D eigenvalue weighted by Crippen LogP contribution is -2.07. The molecule has 72 valence electrons. The molecule has 0 aliphatic heterocycles. The van der Waals surface area contributed by atoms with Crippen molar-refractivity contribution >= 4 is 0 Å². The Morgan fingerprint density at radius 2 is 1.83 bits per heavy atom. The molecule has 0 aliphatic carbocycles. The van der Waals surface area contributed by atoms with E-state index in [1.54, 1.807) is 0 Å². The van der Waals surface area contributed by atoms with Crippen LogP contribution < -0.4 is 0 Å². The Balaban J connectivity index is 3.77. The molecule has 0 spiro atoms. The quantitative estimate of drug-likeness (QED) is 0.533. The average molecular weight is 168 g/mol. The van der Waals surface area contributed by atoms with E-state index in [-0.39, 0.29) is 0 Å². The molecule has 12 heavy (non-hydrogen) atoms. The van der Waals surface area contributed by atoms with E-state index in [0.717, 1.165) is 11.8 Å². The van der Waals surface area contributed by atoms with Crippen LogP contribution in [0.15, 0.2) is 11.6 Å². The third-order valence-corrected chi connectivity index (χ3v) is 2.85. The maximum atomic E-state index is 2.37. The molecule has 0 radical (unpaired) electrons. The Bertz CT molecular complexity index is 133. The highest BCUT2D eigenvalue weighted by Gasteiger charge is 2.10. The predicted molar refractivity (Wildman–Crippen MR) is 57.3 cm³/mol. The number of rotatable bonds is 5. The molecular weight excluding hydrogens is 144 g/mol. The lowest BCUT2D eigenvalue weighted by Gasteiger charge is -2.19. The monoisotopic (exact) mass is 168 g/mol. The minimum Gasteiger partial charge on any atom is -0.0887 e. The summed E-state index contributed by atoms with van der Waals surface area (Å²) in [6.45, 7) is 11.4. The molecule has 0 N–H and O–H groups in total. The largest absolute Gasteiger partial charge is 0.0887 e. The molecule has 0 heterocycles. The van der Waals surface area contributed by atoms with Crippen molar-refractivity contribution in [3.8, 4) is 0 Å². The van der Waals surface area contributed by atoms with Crippen LogP contribution in [-0.4, -0.2) is 0 Å². The van der Waals surface area contributed by atoms with Gasteiger partial charge in [0.25, 0.3) is 0 Å². The third kappa shape index (κ3) is 4.58. The number of hydrogen-bond acceptors (Lipinski definition) is 0. The van der Waals surface area contributed by atoms with Crippen molar-refractivity contribution in [2.24, 2.45) is 11.8 Å². The van der Waals surface area contributed by atoms with E-state index >= 15 is 0 Å². The lowest BCUT2D eigenvalue weighted by molar-refractivity contribution is 0.359. The maximum absolute atomic E-state index is 2.37. The highest BCUT2D eigenvalue weighted by molar-refractivity contribution is 4.96. The van der Waals surface area contributed by atoms with Crippen LogP contribution in [0.5, 0.6) is 0 Å². The molecule has 0 rings (SSSR count). The van der Waals surface area contributed by atoms with Crippen molar-refractivity contribution in [2.75, 3.05) is 0 Å². The molecule has 0 saturated heterocycles. The Hall–Kier alpha value is -0.260. The smallest absolute Gasteiger partial charge is 0.0295 e. The molecule has 0 saturated carbocycles. The van der Waals surface area contributed by atoms with Crippen molar-refractivity contribution in [3.63, 3.8) is 0 Å². The molecule has 0 aromatic carbocycles. The van der Waals surface area contributed by atoms with Crippen molar-refractivity contribution < 1.29 is 0 Å². The second-order valence-corrected chi connectivity index (χ2v) is 4.08. The van der Waals surface area contributed by atoms with Gasteiger partial charge in [0, 0.05) is 0 Å². The van der Waals surface area contributed by atoms with Crippen LogP contribution in [0.2, 0.25) is 0 Å². The van der Waals surface area contributed by atoms with Gasteiger partial charge in [-0.25, -0.2) is 0 Å². The van der Waals surface area contributed by atoms with Gasteiger partial charge in [0.15, 0.2) is 0 Å². The summed E-state index contributed by atoms with van der Waals surface area (Å²) in [5, 5.41) is 0. The van der Waals surface area contributed by atoms with Crippen LogP contribution in [-0.2, 0) is 0 Å². The topological polar surface area (TPSA) is 0 Å². The molecule has 0 aliphatic rings. The number of allylic oxidation sites excluding steroid dienone is 2. The summed E-state index contributed by atoms with van der Waals surface area (Å²) in [7, 11) is 0. The van der Waals surface area contributed by atoms with E-state index < -0.39 is 0 Å². The zero-order valence-electron chi connectivity index (χ0n) is 9.35. The summed E-state index contributed by atoms with van der Waals surface area (Å²) in [4.78, 5) is 0. The van der Waals surface area contributed by atoms with Gasteiger partial charge in [-0.3, -0.25) is 0 Å². The summed E-state index contributed by atoms with van der Waals surface area (Å²) in [6.07, 6.45) is 6.20. The molecule has 0 bridgehead atoms. The van der Waals surface area contributed by atoms with Gasteiger partial charge in [-0.05, 0) is 32.1 Å². The SMILES string of the molecule is CC=C(C)CC(C)C(C)CCC. The van der Waals surface area contributed by atoms with Gasteiger partial charge in [0.2, 0.25) is 0 Å². The van der Waals surface area contributed by atoms with Crippen LogP contribution in [0.25, 0.3) is 0 Å². The van der Waals surface area contributed by atoms with E-state index in [0.29, 0.717) is 0 Å². The van der Waals surface area contributed by atoms with Gasteiger partial charge in [0.05, 0.1) is 0 Å². The Kier molecular flexibility index (Phi) is 6.14. The second kappa shape index (κ2) is 6.28. The standard InChI is InChI=1S/C12H24/c1-6-8-11(4)12(5)9-10(3)7-2/h7,11-12H,6,8-9H2,1-5H3. The molecule has 2 atom stereocenters. The van der Waals surface area contributed by atoms with Gasteiger partial charge in [-0.1, -0.05) is 45.3 Å². The first-order valence-electron chi connectivity index (χ1n) is 5.23. The zero-order valence-corrected chi connectivity index (χ0v) is 9.35. The first kappa shape index (κ1) is 11.7. The summed E-state index contributed by atoms with van der Waals surface area (Å²) in [5.41, 5.74) is 1.53. The highest BCUT2D eigenvalue weighted by Crippen LogP contribution is 2.22. The molecule has 0 fully saturated rings. The van der Waals surface area contributed by atoms with E-state index in [1.165, 1.54) is 24.8 Å². The van der Waals surface area contributed by atoms with Gasteiger partial charge < -0.3 is 0 Å².